The molecule has 1 aliphatic carbocycles. The van der Waals surface area contributed by atoms with Gasteiger partial charge in [0.15, 0.2) is 0 Å². The summed E-state index contributed by atoms with van der Waals surface area (Å²) >= 11 is 0. The van der Waals surface area contributed by atoms with Crippen molar-refractivity contribution in [1.29, 1.82) is 0 Å². The van der Waals surface area contributed by atoms with Crippen molar-refractivity contribution >= 4 is 0 Å². The van der Waals surface area contributed by atoms with Crippen molar-refractivity contribution in [3.8, 4) is 5.75 Å². The predicted octanol–water partition coefficient (Wildman–Crippen LogP) is 3.82. The smallest absolute Gasteiger partial charge is 0.124 e. The molecule has 0 amide bonds. The van der Waals surface area contributed by atoms with Gasteiger partial charge in [0, 0.05) is 12.1 Å². The van der Waals surface area contributed by atoms with Crippen LogP contribution in [0, 0.1) is 12.8 Å². The number of hydrogen-bond acceptors (Lipinski definition) is 3. The van der Waals surface area contributed by atoms with E-state index in [2.05, 4.69) is 26.0 Å². The van der Waals surface area contributed by atoms with Crippen LogP contribution in [0.15, 0.2) is 18.2 Å². The van der Waals surface area contributed by atoms with Gasteiger partial charge in [-0.05, 0) is 44.6 Å². The molecule has 0 atom stereocenters. The van der Waals surface area contributed by atoms with Crippen molar-refractivity contribution in [3.63, 3.8) is 0 Å². The molecule has 0 saturated heterocycles. The summed E-state index contributed by atoms with van der Waals surface area (Å²) in [6.07, 6.45) is 5.90. The predicted molar refractivity (Wildman–Crippen MR) is 86.6 cm³/mol. The van der Waals surface area contributed by atoms with Crippen LogP contribution in [-0.2, 0) is 11.3 Å². The first-order chi connectivity index (χ1) is 10.1. The second kappa shape index (κ2) is 7.28. The maximum atomic E-state index is 6.29. The van der Waals surface area contributed by atoms with Gasteiger partial charge in [-0.2, -0.15) is 0 Å². The lowest BCUT2D eigenvalue weighted by atomic mass is 9.77. The molecular weight excluding hydrogens is 262 g/mol. The van der Waals surface area contributed by atoms with Crippen molar-refractivity contribution in [2.45, 2.75) is 58.2 Å². The highest BCUT2D eigenvalue weighted by Crippen LogP contribution is 2.36. The summed E-state index contributed by atoms with van der Waals surface area (Å²) in [6.45, 7) is 5.56. The Hall–Kier alpha value is -1.06. The van der Waals surface area contributed by atoms with Crippen LogP contribution in [0.3, 0.4) is 0 Å². The van der Waals surface area contributed by atoms with Crippen LogP contribution < -0.4 is 10.5 Å². The van der Waals surface area contributed by atoms with Crippen molar-refractivity contribution in [2.24, 2.45) is 11.7 Å². The summed E-state index contributed by atoms with van der Waals surface area (Å²) in [4.78, 5) is 0. The highest BCUT2D eigenvalue weighted by atomic mass is 16.5. The number of hydrogen-bond donors (Lipinski definition) is 1. The normalized spacial score (nSPS) is 25.8. The van der Waals surface area contributed by atoms with Crippen LogP contribution in [0.4, 0.5) is 0 Å². The van der Waals surface area contributed by atoms with Gasteiger partial charge in [-0.25, -0.2) is 0 Å². The quantitative estimate of drug-likeness (QED) is 0.866. The summed E-state index contributed by atoms with van der Waals surface area (Å²) in [5.41, 5.74) is 8.24. The van der Waals surface area contributed by atoms with Crippen LogP contribution in [0.2, 0.25) is 0 Å². The average Bonchev–Trinajstić information content (AvgIpc) is 2.53. The molecule has 0 spiro atoms. The molecule has 1 saturated carbocycles. The third-order valence-electron chi connectivity index (χ3n) is 4.94. The molecule has 0 unspecified atom stereocenters. The van der Waals surface area contributed by atoms with Crippen molar-refractivity contribution in [1.82, 2.24) is 0 Å². The van der Waals surface area contributed by atoms with E-state index in [1.54, 1.807) is 7.11 Å². The first kappa shape index (κ1) is 16.3. The van der Waals surface area contributed by atoms with Gasteiger partial charge in [0.2, 0.25) is 0 Å². The summed E-state index contributed by atoms with van der Waals surface area (Å²) in [6, 6.07) is 6.21. The fourth-order valence-electron chi connectivity index (χ4n) is 3.27. The second-order valence-electron chi connectivity index (χ2n) is 6.34. The molecule has 1 aromatic carbocycles. The minimum absolute atomic E-state index is 0.138. The van der Waals surface area contributed by atoms with Crippen LogP contribution in [0.1, 0.15) is 50.2 Å². The molecule has 2 rings (SSSR count). The molecule has 3 nitrogen and oxygen atoms in total. The maximum absolute atomic E-state index is 6.29. The Morgan fingerprint density at radius 3 is 2.57 bits per heavy atom. The molecule has 21 heavy (non-hydrogen) atoms. The Balaban J connectivity index is 2.02. The largest absolute Gasteiger partial charge is 0.496 e. The fraction of sp³-hybridized carbons (Fsp3) is 0.667. The summed E-state index contributed by atoms with van der Waals surface area (Å²) < 4.78 is 11.7. The zero-order valence-electron chi connectivity index (χ0n) is 13.7. The van der Waals surface area contributed by atoms with Gasteiger partial charge in [-0.3, -0.25) is 0 Å². The molecule has 118 valence electrons. The van der Waals surface area contributed by atoms with E-state index in [1.165, 1.54) is 24.8 Å². The van der Waals surface area contributed by atoms with E-state index in [0.29, 0.717) is 13.2 Å². The summed E-state index contributed by atoms with van der Waals surface area (Å²) in [7, 11) is 1.71. The molecule has 0 bridgehead atoms. The molecule has 1 fully saturated rings. The van der Waals surface area contributed by atoms with E-state index in [0.717, 1.165) is 30.1 Å². The highest BCUT2D eigenvalue weighted by molar-refractivity contribution is 5.36. The van der Waals surface area contributed by atoms with Crippen LogP contribution in [-0.4, -0.2) is 19.3 Å². The average molecular weight is 291 g/mol. The number of rotatable bonds is 6. The van der Waals surface area contributed by atoms with Crippen LogP contribution in [0.25, 0.3) is 0 Å². The van der Waals surface area contributed by atoms with Crippen molar-refractivity contribution in [2.75, 3.05) is 13.7 Å². The van der Waals surface area contributed by atoms with Crippen LogP contribution >= 0.6 is 0 Å². The lowest BCUT2D eigenvalue weighted by Crippen LogP contribution is -2.43. The fourth-order valence-corrected chi connectivity index (χ4v) is 3.27. The van der Waals surface area contributed by atoms with E-state index in [4.69, 9.17) is 15.2 Å². The molecule has 0 heterocycles. The molecule has 0 radical (unpaired) electrons. The molecule has 3 heteroatoms. The molecule has 0 aromatic heterocycles. The Bertz CT molecular complexity index is 451. The Morgan fingerprint density at radius 2 is 2.00 bits per heavy atom. The number of methoxy groups -OCH3 is 1. The highest BCUT2D eigenvalue weighted by Gasteiger charge is 2.34. The molecule has 2 N–H and O–H groups in total. The van der Waals surface area contributed by atoms with Crippen molar-refractivity contribution in [3.05, 3.63) is 29.3 Å². The topological polar surface area (TPSA) is 44.5 Å². The third kappa shape index (κ3) is 3.98. The second-order valence-corrected chi connectivity index (χ2v) is 6.34. The molecule has 0 aliphatic heterocycles. The van der Waals surface area contributed by atoms with E-state index in [-0.39, 0.29) is 5.60 Å². The van der Waals surface area contributed by atoms with Gasteiger partial charge in [-0.1, -0.05) is 31.0 Å². The summed E-state index contributed by atoms with van der Waals surface area (Å²) in [5.74, 6) is 1.75. The lowest BCUT2D eigenvalue weighted by Gasteiger charge is -2.39. The van der Waals surface area contributed by atoms with Gasteiger partial charge in [0.05, 0.1) is 19.3 Å². The van der Waals surface area contributed by atoms with E-state index < -0.39 is 0 Å². The van der Waals surface area contributed by atoms with E-state index in [1.807, 2.05) is 6.07 Å². The van der Waals surface area contributed by atoms with Crippen molar-refractivity contribution < 1.29 is 9.47 Å². The zero-order valence-corrected chi connectivity index (χ0v) is 13.7. The van der Waals surface area contributed by atoms with Gasteiger partial charge >= 0.3 is 0 Å². The Morgan fingerprint density at radius 1 is 1.29 bits per heavy atom. The third-order valence-corrected chi connectivity index (χ3v) is 4.94. The standard InChI is InChI=1S/C18H29NO2/c1-4-15-7-9-18(13-19,10-8-15)21-12-16-11-14(2)5-6-17(16)20-3/h5-6,11,15H,4,7-10,12-13,19H2,1-3H3. The van der Waals surface area contributed by atoms with Gasteiger partial charge in [0.1, 0.15) is 5.75 Å². The lowest BCUT2D eigenvalue weighted by molar-refractivity contribution is -0.0817. The van der Waals surface area contributed by atoms with Gasteiger partial charge in [-0.15, -0.1) is 0 Å². The minimum atomic E-state index is -0.138. The SMILES string of the molecule is CCC1CCC(CN)(OCc2cc(C)ccc2OC)CC1. The Kier molecular flexibility index (Phi) is 5.65. The molecule has 1 aromatic rings. The number of ether oxygens (including phenoxy) is 2. The summed E-state index contributed by atoms with van der Waals surface area (Å²) in [5, 5.41) is 0. The molecule has 1 aliphatic rings. The minimum Gasteiger partial charge on any atom is -0.496 e. The Labute approximate surface area is 128 Å². The number of aryl methyl sites for hydroxylation is 1. The maximum Gasteiger partial charge on any atom is 0.124 e. The monoisotopic (exact) mass is 291 g/mol. The van der Waals surface area contributed by atoms with Gasteiger partial charge < -0.3 is 15.2 Å². The zero-order chi connectivity index (χ0) is 15.3. The van der Waals surface area contributed by atoms with E-state index in [9.17, 15) is 0 Å². The van der Waals surface area contributed by atoms with Crippen LogP contribution in [0.5, 0.6) is 5.75 Å². The number of nitrogens with two attached hydrogens (primary N) is 1. The molecular formula is C18H29NO2. The number of benzene rings is 1. The first-order valence-electron chi connectivity index (χ1n) is 8.10. The van der Waals surface area contributed by atoms with E-state index >= 15 is 0 Å². The van der Waals surface area contributed by atoms with Gasteiger partial charge in [0.25, 0.3) is 0 Å². The first-order valence-corrected chi connectivity index (χ1v) is 8.10.